The van der Waals surface area contributed by atoms with Gasteiger partial charge in [-0.15, -0.1) is 10.2 Å². The topological polar surface area (TPSA) is 43.9 Å². The highest BCUT2D eigenvalue weighted by Gasteiger charge is 2.22. The van der Waals surface area contributed by atoms with Crippen molar-refractivity contribution in [2.45, 2.75) is 0 Å². The van der Waals surface area contributed by atoms with Crippen LogP contribution in [-0.4, -0.2) is 14.8 Å². The molecule has 3 aromatic heterocycles. The van der Waals surface area contributed by atoms with Crippen LogP contribution in [0.1, 0.15) is 0 Å². The Labute approximate surface area is 195 Å². The summed E-state index contributed by atoms with van der Waals surface area (Å²) in [5, 5.41) is 11.5. The van der Waals surface area contributed by atoms with Crippen LogP contribution in [0.4, 0.5) is 0 Å². The molecule has 34 heavy (non-hydrogen) atoms. The zero-order valence-corrected chi connectivity index (χ0v) is 18.2. The van der Waals surface area contributed by atoms with Gasteiger partial charge in [0.25, 0.3) is 0 Å². The fraction of sp³-hybridized carbons (Fsp3) is 0. The fourth-order valence-corrected chi connectivity index (χ4v) is 4.77. The molecule has 0 radical (unpaired) electrons. The van der Waals surface area contributed by atoms with Gasteiger partial charge in [0.1, 0.15) is 16.8 Å². The van der Waals surface area contributed by atoms with E-state index in [0.717, 1.165) is 61.2 Å². The van der Waals surface area contributed by atoms with E-state index >= 15 is 0 Å². The lowest BCUT2D eigenvalue weighted by Gasteiger charge is -2.14. The Hall–Kier alpha value is -4.70. The van der Waals surface area contributed by atoms with E-state index in [2.05, 4.69) is 76.4 Å². The summed E-state index contributed by atoms with van der Waals surface area (Å²) < 4.78 is 8.65. The number of benzene rings is 4. The van der Waals surface area contributed by atoms with Gasteiger partial charge < -0.3 is 8.98 Å². The van der Waals surface area contributed by atoms with Gasteiger partial charge in [-0.05, 0) is 30.3 Å². The van der Waals surface area contributed by atoms with Crippen LogP contribution in [0.15, 0.2) is 120 Å². The van der Waals surface area contributed by atoms with E-state index in [9.17, 15) is 0 Å². The summed E-state index contributed by atoms with van der Waals surface area (Å²) >= 11 is 0. The number of aromatic nitrogens is 3. The predicted octanol–water partition coefficient (Wildman–Crippen LogP) is 7.65. The molecule has 0 unspecified atom stereocenters. The largest absolute Gasteiger partial charge is 0.454 e. The molecule has 0 N–H and O–H groups in total. The van der Waals surface area contributed by atoms with Gasteiger partial charge in [0, 0.05) is 21.9 Å². The van der Waals surface area contributed by atoms with E-state index in [1.54, 1.807) is 0 Å². The number of fused-ring (bicyclic) bond motifs is 5. The van der Waals surface area contributed by atoms with Gasteiger partial charge in [-0.25, -0.2) is 0 Å². The third-order valence-corrected chi connectivity index (χ3v) is 6.31. The normalized spacial score (nSPS) is 11.5. The Morgan fingerprint density at radius 1 is 0.588 bits per heavy atom. The molecule has 3 heterocycles. The van der Waals surface area contributed by atoms with E-state index in [1.165, 1.54) is 0 Å². The average molecular weight is 438 g/mol. The smallest absolute Gasteiger partial charge is 0.161 e. The van der Waals surface area contributed by atoms with Crippen molar-refractivity contribution in [1.29, 1.82) is 0 Å². The zero-order chi connectivity index (χ0) is 22.5. The second kappa shape index (κ2) is 7.42. The summed E-state index contributed by atoms with van der Waals surface area (Å²) in [5.74, 6) is 0. The Balaban J connectivity index is 1.64. The van der Waals surface area contributed by atoms with Crippen LogP contribution in [-0.2, 0) is 0 Å². The molecule has 0 amide bonds. The molecule has 4 aromatic carbocycles. The minimum atomic E-state index is 0.827. The number of furan rings is 1. The van der Waals surface area contributed by atoms with Crippen molar-refractivity contribution in [3.05, 3.63) is 115 Å². The first kappa shape index (κ1) is 18.8. The highest BCUT2D eigenvalue weighted by Crippen LogP contribution is 2.40. The van der Waals surface area contributed by atoms with E-state index in [4.69, 9.17) is 9.52 Å². The van der Waals surface area contributed by atoms with Gasteiger partial charge >= 0.3 is 0 Å². The molecule has 0 aliphatic carbocycles. The quantitative estimate of drug-likeness (QED) is 0.285. The third-order valence-electron chi connectivity index (χ3n) is 6.31. The molecular weight excluding hydrogens is 418 g/mol. The second-order valence-corrected chi connectivity index (χ2v) is 8.32. The van der Waals surface area contributed by atoms with Crippen LogP contribution in [0, 0.1) is 0 Å². The maximum Gasteiger partial charge on any atom is 0.161 e. The first-order valence-corrected chi connectivity index (χ1v) is 11.3. The molecule has 0 fully saturated rings. The van der Waals surface area contributed by atoms with Crippen molar-refractivity contribution in [1.82, 2.24) is 14.8 Å². The Kier molecular flexibility index (Phi) is 4.11. The van der Waals surface area contributed by atoms with Gasteiger partial charge in [0.2, 0.25) is 0 Å². The van der Waals surface area contributed by atoms with Crippen LogP contribution in [0.2, 0.25) is 0 Å². The van der Waals surface area contributed by atoms with Gasteiger partial charge in [0.05, 0.1) is 16.9 Å². The van der Waals surface area contributed by atoms with E-state index in [0.29, 0.717) is 0 Å². The molecule has 4 nitrogen and oxygen atoms in total. The molecule has 0 aliphatic heterocycles. The van der Waals surface area contributed by atoms with Crippen LogP contribution >= 0.6 is 0 Å². The van der Waals surface area contributed by atoms with Crippen LogP contribution in [0.25, 0.3) is 61.2 Å². The number of para-hydroxylation sites is 2. The van der Waals surface area contributed by atoms with Gasteiger partial charge in [-0.1, -0.05) is 84.9 Å². The highest BCUT2D eigenvalue weighted by atomic mass is 16.3. The molecule has 4 heteroatoms. The van der Waals surface area contributed by atoms with Gasteiger partial charge in [-0.3, -0.25) is 0 Å². The number of nitrogens with zero attached hydrogens (tertiary/aromatic N) is 3. The van der Waals surface area contributed by atoms with Crippen LogP contribution < -0.4 is 0 Å². The van der Waals surface area contributed by atoms with Crippen molar-refractivity contribution in [2.24, 2.45) is 0 Å². The summed E-state index contributed by atoms with van der Waals surface area (Å²) in [6, 6.07) is 39.1. The molecule has 0 atom stereocenters. The predicted molar refractivity (Wildman–Crippen MR) is 137 cm³/mol. The molecule has 0 saturated carbocycles. The Morgan fingerprint density at radius 3 is 2.03 bits per heavy atom. The van der Waals surface area contributed by atoms with Crippen molar-refractivity contribution in [3.63, 3.8) is 0 Å². The van der Waals surface area contributed by atoms with Crippen molar-refractivity contribution in [2.75, 3.05) is 0 Å². The Morgan fingerprint density at radius 2 is 1.24 bits per heavy atom. The molecule has 160 valence electrons. The summed E-state index contributed by atoms with van der Waals surface area (Å²) in [4.78, 5) is 0. The van der Waals surface area contributed by atoms with Crippen molar-refractivity contribution >= 4 is 33.0 Å². The lowest BCUT2D eigenvalue weighted by molar-refractivity contribution is 0.673. The van der Waals surface area contributed by atoms with Gasteiger partial charge in [-0.2, -0.15) is 0 Å². The minimum Gasteiger partial charge on any atom is -0.454 e. The van der Waals surface area contributed by atoms with E-state index < -0.39 is 0 Å². The van der Waals surface area contributed by atoms with Crippen LogP contribution in [0.5, 0.6) is 0 Å². The molecule has 7 rings (SSSR count). The SMILES string of the molecule is c1ccc(-c2cc(-n3c4ccccc4c4oc5ccccc5c43)c(-c3ccccc3)nn2)cc1. The maximum absolute atomic E-state index is 6.37. The summed E-state index contributed by atoms with van der Waals surface area (Å²) in [6.45, 7) is 0. The highest BCUT2D eigenvalue weighted by molar-refractivity contribution is 6.16. The van der Waals surface area contributed by atoms with Crippen LogP contribution in [0.3, 0.4) is 0 Å². The lowest BCUT2D eigenvalue weighted by Crippen LogP contribution is -2.02. The fourth-order valence-electron chi connectivity index (χ4n) is 4.77. The first-order chi connectivity index (χ1) is 16.9. The molecular formula is C30H19N3O. The standard InChI is InChI=1S/C30H19N3O/c1-3-11-20(12-4-1)24-19-26(28(32-31-24)21-13-5-2-6-14-21)33-25-17-9-7-15-22(25)30-29(33)23-16-8-10-18-27(23)34-30/h1-19H. The zero-order valence-electron chi connectivity index (χ0n) is 18.2. The lowest BCUT2D eigenvalue weighted by atomic mass is 10.1. The third kappa shape index (κ3) is 2.79. The van der Waals surface area contributed by atoms with Gasteiger partial charge in [0.15, 0.2) is 5.58 Å². The molecule has 0 spiro atoms. The molecule has 0 aliphatic rings. The second-order valence-electron chi connectivity index (χ2n) is 8.32. The number of rotatable bonds is 3. The first-order valence-electron chi connectivity index (χ1n) is 11.3. The molecule has 0 saturated heterocycles. The Bertz CT molecular complexity index is 1790. The van der Waals surface area contributed by atoms with Crippen molar-refractivity contribution < 1.29 is 4.42 Å². The number of hydrogen-bond acceptors (Lipinski definition) is 3. The van der Waals surface area contributed by atoms with E-state index in [1.807, 2.05) is 48.5 Å². The van der Waals surface area contributed by atoms with E-state index in [-0.39, 0.29) is 0 Å². The average Bonchev–Trinajstić information content (AvgIpc) is 3.44. The summed E-state index contributed by atoms with van der Waals surface area (Å²) in [6.07, 6.45) is 0. The maximum atomic E-state index is 6.37. The molecule has 0 bridgehead atoms. The number of hydrogen-bond donors (Lipinski definition) is 0. The minimum absolute atomic E-state index is 0.827. The molecule has 7 aromatic rings. The van der Waals surface area contributed by atoms with Crippen molar-refractivity contribution in [3.8, 4) is 28.2 Å². The summed E-state index contributed by atoms with van der Waals surface area (Å²) in [7, 11) is 0. The summed E-state index contributed by atoms with van der Waals surface area (Å²) in [5.41, 5.74) is 8.55. The monoisotopic (exact) mass is 437 g/mol.